The van der Waals surface area contributed by atoms with Gasteiger partial charge in [-0.3, -0.25) is 4.98 Å². The SMILES string of the molecule is N/C(=N\NC(=O)Nc1ccc(Cl)cc1)c1ccc(C(F)(F)F)cn1. The number of hydrogen-bond acceptors (Lipinski definition) is 3. The summed E-state index contributed by atoms with van der Waals surface area (Å²) in [5.74, 6) is -0.241. The molecule has 2 amide bonds. The van der Waals surface area contributed by atoms with Crippen molar-refractivity contribution in [1.29, 1.82) is 0 Å². The molecular formula is C14H11ClF3N5O. The van der Waals surface area contributed by atoms with E-state index in [1.807, 2.05) is 0 Å². The first-order valence-electron chi connectivity index (χ1n) is 6.45. The highest BCUT2D eigenvalue weighted by molar-refractivity contribution is 6.30. The number of hydrazone groups is 1. The summed E-state index contributed by atoms with van der Waals surface area (Å²) in [5, 5.41) is 6.54. The van der Waals surface area contributed by atoms with Crippen molar-refractivity contribution >= 4 is 29.2 Å². The van der Waals surface area contributed by atoms with Gasteiger partial charge in [0.2, 0.25) is 0 Å². The normalized spacial score (nSPS) is 11.9. The maximum atomic E-state index is 12.4. The van der Waals surface area contributed by atoms with Crippen molar-refractivity contribution in [1.82, 2.24) is 10.4 Å². The Balaban J connectivity index is 1.97. The van der Waals surface area contributed by atoms with Crippen molar-refractivity contribution in [2.24, 2.45) is 10.8 Å². The first kappa shape index (κ1) is 17.5. The highest BCUT2D eigenvalue weighted by Crippen LogP contribution is 2.28. The van der Waals surface area contributed by atoms with E-state index < -0.39 is 17.8 Å². The Morgan fingerprint density at radius 3 is 2.38 bits per heavy atom. The number of benzene rings is 1. The van der Waals surface area contributed by atoms with E-state index in [4.69, 9.17) is 17.3 Å². The number of amidine groups is 1. The Hall–Kier alpha value is -2.81. The van der Waals surface area contributed by atoms with Crippen LogP contribution in [0.3, 0.4) is 0 Å². The molecule has 1 heterocycles. The summed E-state index contributed by atoms with van der Waals surface area (Å²) in [6, 6.07) is 7.51. The molecule has 0 fully saturated rings. The van der Waals surface area contributed by atoms with Crippen LogP contribution >= 0.6 is 11.6 Å². The average molecular weight is 358 g/mol. The van der Waals surface area contributed by atoms with E-state index in [9.17, 15) is 18.0 Å². The minimum atomic E-state index is -4.49. The van der Waals surface area contributed by atoms with E-state index in [1.54, 1.807) is 24.3 Å². The number of carbonyl (C=O) groups is 1. The predicted molar refractivity (Wildman–Crippen MR) is 83.6 cm³/mol. The standard InChI is InChI=1S/C14H11ClF3N5O/c15-9-2-4-10(5-3-9)21-13(24)23-22-12(19)11-6-1-8(7-20-11)14(16,17)18/h1-7H,(H2,19,22)(H2,21,23,24). The van der Waals surface area contributed by atoms with Gasteiger partial charge in [0.15, 0.2) is 5.84 Å². The van der Waals surface area contributed by atoms with E-state index in [2.05, 4.69) is 20.8 Å². The number of anilines is 1. The molecule has 4 N–H and O–H groups in total. The molecule has 1 aromatic carbocycles. The van der Waals surface area contributed by atoms with Gasteiger partial charge in [-0.05, 0) is 36.4 Å². The van der Waals surface area contributed by atoms with Gasteiger partial charge in [-0.1, -0.05) is 11.6 Å². The monoisotopic (exact) mass is 357 g/mol. The third-order valence-corrected chi connectivity index (χ3v) is 2.99. The number of urea groups is 1. The molecule has 0 saturated carbocycles. The quantitative estimate of drug-likeness (QED) is 0.447. The molecular weight excluding hydrogens is 347 g/mol. The fourth-order valence-electron chi connectivity index (χ4n) is 1.57. The molecule has 0 aliphatic rings. The zero-order valence-corrected chi connectivity index (χ0v) is 12.7. The Morgan fingerprint density at radius 1 is 1.17 bits per heavy atom. The number of halogens is 4. The number of pyridine rings is 1. The van der Waals surface area contributed by atoms with E-state index in [0.717, 1.165) is 12.1 Å². The Morgan fingerprint density at radius 2 is 1.83 bits per heavy atom. The molecule has 126 valence electrons. The van der Waals surface area contributed by atoms with Crippen LogP contribution in [0.4, 0.5) is 23.7 Å². The van der Waals surface area contributed by atoms with Crippen molar-refractivity contribution in [3.05, 3.63) is 58.9 Å². The molecule has 2 aromatic rings. The molecule has 0 spiro atoms. The average Bonchev–Trinajstić information content (AvgIpc) is 2.54. The number of nitrogens with one attached hydrogen (secondary N) is 2. The molecule has 0 bridgehead atoms. The van der Waals surface area contributed by atoms with Gasteiger partial charge in [0, 0.05) is 16.9 Å². The van der Waals surface area contributed by atoms with E-state index in [1.165, 1.54) is 0 Å². The number of hydrogen-bond donors (Lipinski definition) is 3. The van der Waals surface area contributed by atoms with Crippen LogP contribution in [0.2, 0.25) is 5.02 Å². The Bertz CT molecular complexity index is 745. The maximum absolute atomic E-state index is 12.4. The van der Waals surface area contributed by atoms with Crippen LogP contribution < -0.4 is 16.5 Å². The minimum absolute atomic E-state index is 0.00482. The first-order chi connectivity index (χ1) is 11.3. The summed E-state index contributed by atoms with van der Waals surface area (Å²) in [7, 11) is 0. The summed E-state index contributed by atoms with van der Waals surface area (Å²) >= 11 is 5.71. The predicted octanol–water partition coefficient (Wildman–Crippen LogP) is 3.20. The van der Waals surface area contributed by atoms with Crippen LogP contribution in [0.5, 0.6) is 0 Å². The summed E-state index contributed by atoms with van der Waals surface area (Å²) in [4.78, 5) is 15.2. The van der Waals surface area contributed by atoms with Crippen LogP contribution in [0.1, 0.15) is 11.3 Å². The lowest BCUT2D eigenvalue weighted by Gasteiger charge is -2.07. The van der Waals surface area contributed by atoms with Gasteiger partial charge in [-0.25, -0.2) is 10.2 Å². The van der Waals surface area contributed by atoms with Gasteiger partial charge < -0.3 is 11.1 Å². The van der Waals surface area contributed by atoms with Gasteiger partial charge in [0.05, 0.1) is 5.56 Å². The molecule has 0 aliphatic heterocycles. The fraction of sp³-hybridized carbons (Fsp3) is 0.0714. The molecule has 0 unspecified atom stereocenters. The van der Waals surface area contributed by atoms with Gasteiger partial charge >= 0.3 is 12.2 Å². The zero-order chi connectivity index (χ0) is 17.7. The minimum Gasteiger partial charge on any atom is -0.380 e. The molecule has 1 aromatic heterocycles. The number of aromatic nitrogens is 1. The second kappa shape index (κ2) is 7.18. The molecule has 0 atom stereocenters. The van der Waals surface area contributed by atoms with Gasteiger partial charge in [-0.15, -0.1) is 0 Å². The number of nitrogens with two attached hydrogens (primary N) is 1. The smallest absolute Gasteiger partial charge is 0.380 e. The number of rotatable bonds is 3. The lowest BCUT2D eigenvalue weighted by molar-refractivity contribution is -0.137. The highest BCUT2D eigenvalue weighted by atomic mass is 35.5. The van der Waals surface area contributed by atoms with E-state index in [-0.39, 0.29) is 11.5 Å². The van der Waals surface area contributed by atoms with Gasteiger partial charge in [0.25, 0.3) is 0 Å². The molecule has 2 rings (SSSR count). The second-order valence-corrected chi connectivity index (χ2v) is 4.94. The van der Waals surface area contributed by atoms with E-state index in [0.29, 0.717) is 16.9 Å². The fourth-order valence-corrected chi connectivity index (χ4v) is 1.70. The number of nitrogens with zero attached hydrogens (tertiary/aromatic N) is 2. The maximum Gasteiger partial charge on any atom is 0.417 e. The highest BCUT2D eigenvalue weighted by Gasteiger charge is 2.30. The molecule has 10 heteroatoms. The van der Waals surface area contributed by atoms with Crippen molar-refractivity contribution in [3.63, 3.8) is 0 Å². The van der Waals surface area contributed by atoms with Crippen LogP contribution in [0.25, 0.3) is 0 Å². The van der Waals surface area contributed by atoms with Crippen LogP contribution in [-0.4, -0.2) is 16.9 Å². The van der Waals surface area contributed by atoms with Crippen molar-refractivity contribution < 1.29 is 18.0 Å². The summed E-state index contributed by atoms with van der Waals surface area (Å²) in [6.07, 6.45) is -3.86. The molecule has 0 radical (unpaired) electrons. The van der Waals surface area contributed by atoms with E-state index >= 15 is 0 Å². The van der Waals surface area contributed by atoms with Crippen molar-refractivity contribution in [2.75, 3.05) is 5.32 Å². The molecule has 6 nitrogen and oxygen atoms in total. The van der Waals surface area contributed by atoms with Crippen molar-refractivity contribution in [2.45, 2.75) is 6.18 Å². The number of carbonyl (C=O) groups excluding carboxylic acids is 1. The van der Waals surface area contributed by atoms with Crippen LogP contribution in [0.15, 0.2) is 47.7 Å². The lowest BCUT2D eigenvalue weighted by atomic mass is 10.2. The van der Waals surface area contributed by atoms with Gasteiger partial charge in [0.1, 0.15) is 5.69 Å². The molecule has 24 heavy (non-hydrogen) atoms. The summed E-state index contributed by atoms with van der Waals surface area (Å²) < 4.78 is 37.3. The van der Waals surface area contributed by atoms with Crippen LogP contribution in [-0.2, 0) is 6.18 Å². The third-order valence-electron chi connectivity index (χ3n) is 2.73. The molecule has 0 aliphatic carbocycles. The number of amides is 2. The van der Waals surface area contributed by atoms with Crippen LogP contribution in [0, 0.1) is 0 Å². The summed E-state index contributed by atoms with van der Waals surface area (Å²) in [6.45, 7) is 0. The summed E-state index contributed by atoms with van der Waals surface area (Å²) in [5.41, 5.74) is 7.22. The Kier molecular flexibility index (Phi) is 5.24. The first-order valence-corrected chi connectivity index (χ1v) is 6.83. The second-order valence-electron chi connectivity index (χ2n) is 4.50. The molecule has 0 saturated heterocycles. The zero-order valence-electron chi connectivity index (χ0n) is 11.9. The largest absolute Gasteiger partial charge is 0.417 e. The van der Waals surface area contributed by atoms with Gasteiger partial charge in [-0.2, -0.15) is 18.3 Å². The lowest BCUT2D eigenvalue weighted by Crippen LogP contribution is -2.28. The Labute approximate surface area is 139 Å². The van der Waals surface area contributed by atoms with Crippen molar-refractivity contribution in [3.8, 4) is 0 Å². The third kappa shape index (κ3) is 4.85. The number of alkyl halides is 3. The topological polar surface area (TPSA) is 92.4 Å².